The molecule has 0 saturated heterocycles. The first-order chi connectivity index (χ1) is 16.3. The number of aryl methyl sites for hydroxylation is 1. The first kappa shape index (κ1) is 25.7. The molecule has 4 rings (SSSR count). The molecule has 0 aliphatic heterocycles. The van der Waals surface area contributed by atoms with Gasteiger partial charge < -0.3 is 9.47 Å². The van der Waals surface area contributed by atoms with E-state index in [1.54, 1.807) is 0 Å². The van der Waals surface area contributed by atoms with Gasteiger partial charge in [0.1, 0.15) is 12.7 Å². The van der Waals surface area contributed by atoms with Crippen LogP contribution < -0.4 is 0 Å². The minimum atomic E-state index is -0.590. The normalized spacial score (nSPS) is 15.3. The SMILES string of the molecule is Cc1cc2nc(C3CC3)ccc2c(-c2ccc(Cl)cc2)c1[C@@H](COC(=O)C(C)(C)C)OC(C)(C)C. The highest BCUT2D eigenvalue weighted by Crippen LogP contribution is 2.43. The van der Waals surface area contributed by atoms with Crippen LogP contribution >= 0.6 is 11.6 Å². The van der Waals surface area contributed by atoms with E-state index < -0.39 is 17.1 Å². The van der Waals surface area contributed by atoms with Crippen molar-refractivity contribution in [2.75, 3.05) is 6.61 Å². The molecule has 35 heavy (non-hydrogen) atoms. The van der Waals surface area contributed by atoms with Gasteiger partial charge in [-0.3, -0.25) is 9.78 Å². The predicted octanol–water partition coefficient (Wildman–Crippen LogP) is 8.19. The smallest absolute Gasteiger partial charge is 0.311 e. The van der Waals surface area contributed by atoms with Gasteiger partial charge in [0, 0.05) is 22.0 Å². The van der Waals surface area contributed by atoms with Crippen LogP contribution in [-0.2, 0) is 14.3 Å². The monoisotopic (exact) mass is 493 g/mol. The zero-order valence-electron chi connectivity index (χ0n) is 21.9. The summed E-state index contributed by atoms with van der Waals surface area (Å²) in [6, 6.07) is 14.3. The summed E-state index contributed by atoms with van der Waals surface area (Å²) >= 11 is 6.23. The molecule has 2 aromatic carbocycles. The summed E-state index contributed by atoms with van der Waals surface area (Å²) in [6.45, 7) is 13.9. The van der Waals surface area contributed by atoms with Crippen molar-refractivity contribution in [3.63, 3.8) is 0 Å². The molecule has 1 fully saturated rings. The molecule has 4 nitrogen and oxygen atoms in total. The third-order valence-corrected chi connectivity index (χ3v) is 6.44. The Hall–Kier alpha value is -2.43. The second kappa shape index (κ2) is 9.55. The fourth-order valence-electron chi connectivity index (χ4n) is 4.36. The van der Waals surface area contributed by atoms with E-state index in [2.05, 4.69) is 25.1 Å². The van der Waals surface area contributed by atoms with Crippen molar-refractivity contribution in [3.8, 4) is 11.1 Å². The van der Waals surface area contributed by atoms with Gasteiger partial charge in [-0.15, -0.1) is 0 Å². The van der Waals surface area contributed by atoms with E-state index in [0.29, 0.717) is 10.9 Å². The highest BCUT2D eigenvalue weighted by Gasteiger charge is 2.31. The Labute approximate surface area is 214 Å². The number of fused-ring (bicyclic) bond motifs is 1. The molecule has 0 N–H and O–H groups in total. The van der Waals surface area contributed by atoms with E-state index in [1.165, 1.54) is 12.8 Å². The standard InChI is InChI=1S/C30H36ClNO3/c1-18-16-24-22(14-15-23(32-24)19-8-9-19)27(20-10-12-21(31)13-11-20)26(18)25(35-30(5,6)7)17-34-28(33)29(2,3)4/h10-16,19,25H,8-9,17H2,1-7H3/t25-/m1/s1. The first-order valence-electron chi connectivity index (χ1n) is 12.4. The van der Waals surface area contributed by atoms with Gasteiger partial charge in [-0.1, -0.05) is 29.8 Å². The summed E-state index contributed by atoms with van der Waals surface area (Å²) in [5.41, 5.74) is 5.26. The second-order valence-electron chi connectivity index (χ2n) is 11.6. The Morgan fingerprint density at radius 2 is 1.71 bits per heavy atom. The molecule has 1 saturated carbocycles. The minimum absolute atomic E-state index is 0.133. The number of hydrogen-bond acceptors (Lipinski definition) is 4. The highest BCUT2D eigenvalue weighted by atomic mass is 35.5. The summed E-state index contributed by atoms with van der Waals surface area (Å²) in [6.07, 6.45) is 1.97. The van der Waals surface area contributed by atoms with Crippen LogP contribution in [0.25, 0.3) is 22.0 Å². The van der Waals surface area contributed by atoms with Crippen LogP contribution in [0.2, 0.25) is 5.02 Å². The number of hydrogen-bond donors (Lipinski definition) is 0. The molecule has 0 amide bonds. The van der Waals surface area contributed by atoms with Gasteiger partial charge in [-0.2, -0.15) is 0 Å². The summed E-state index contributed by atoms with van der Waals surface area (Å²) < 4.78 is 12.4. The second-order valence-corrected chi connectivity index (χ2v) is 12.1. The molecule has 5 heteroatoms. The number of nitrogens with zero attached hydrogens (tertiary/aromatic N) is 1. The maximum Gasteiger partial charge on any atom is 0.311 e. The number of ether oxygens (including phenoxy) is 2. The van der Waals surface area contributed by atoms with Gasteiger partial charge in [0.25, 0.3) is 0 Å². The molecule has 0 bridgehead atoms. The number of benzene rings is 2. The van der Waals surface area contributed by atoms with Crippen molar-refractivity contribution in [2.45, 2.75) is 78.9 Å². The van der Waals surface area contributed by atoms with Crippen molar-refractivity contribution >= 4 is 28.5 Å². The highest BCUT2D eigenvalue weighted by molar-refractivity contribution is 6.30. The number of carbonyl (C=O) groups is 1. The van der Waals surface area contributed by atoms with Gasteiger partial charge in [0.2, 0.25) is 0 Å². The van der Waals surface area contributed by atoms with Crippen LogP contribution in [0.4, 0.5) is 0 Å². The molecule has 1 atom stereocenters. The van der Waals surface area contributed by atoms with Gasteiger partial charge in [-0.05, 0) is 108 Å². The lowest BCUT2D eigenvalue weighted by Gasteiger charge is -2.31. The molecule has 186 valence electrons. The van der Waals surface area contributed by atoms with E-state index in [1.807, 2.05) is 65.8 Å². The van der Waals surface area contributed by atoms with Crippen molar-refractivity contribution in [3.05, 3.63) is 64.3 Å². The molecule has 1 aromatic heterocycles. The van der Waals surface area contributed by atoms with Crippen LogP contribution in [0.15, 0.2) is 42.5 Å². The van der Waals surface area contributed by atoms with E-state index >= 15 is 0 Å². The fraction of sp³-hybridized carbons (Fsp3) is 0.467. The van der Waals surface area contributed by atoms with Crippen molar-refractivity contribution in [1.29, 1.82) is 0 Å². The summed E-state index contributed by atoms with van der Waals surface area (Å²) in [7, 11) is 0. The van der Waals surface area contributed by atoms with Gasteiger partial charge >= 0.3 is 5.97 Å². The molecular formula is C30H36ClNO3. The summed E-state index contributed by atoms with van der Waals surface area (Å²) in [5, 5.41) is 1.74. The van der Waals surface area contributed by atoms with E-state index in [0.717, 1.165) is 38.9 Å². The average Bonchev–Trinajstić information content (AvgIpc) is 3.60. The lowest BCUT2D eigenvalue weighted by molar-refractivity contribution is -0.162. The molecular weight excluding hydrogens is 458 g/mol. The van der Waals surface area contributed by atoms with Crippen LogP contribution in [0.1, 0.15) is 83.2 Å². The molecule has 0 unspecified atom stereocenters. The zero-order valence-corrected chi connectivity index (χ0v) is 22.6. The fourth-order valence-corrected chi connectivity index (χ4v) is 4.48. The molecule has 1 aliphatic rings. The predicted molar refractivity (Wildman–Crippen MR) is 143 cm³/mol. The maximum atomic E-state index is 12.7. The molecule has 0 radical (unpaired) electrons. The van der Waals surface area contributed by atoms with E-state index in [9.17, 15) is 4.79 Å². The Balaban J connectivity index is 1.90. The van der Waals surface area contributed by atoms with Crippen LogP contribution in [0, 0.1) is 12.3 Å². The Morgan fingerprint density at radius 3 is 2.29 bits per heavy atom. The lowest BCUT2D eigenvalue weighted by atomic mass is 9.88. The Bertz CT molecular complexity index is 1230. The zero-order chi connectivity index (χ0) is 25.5. The van der Waals surface area contributed by atoms with Crippen molar-refractivity contribution in [2.24, 2.45) is 5.41 Å². The van der Waals surface area contributed by atoms with Gasteiger partial charge in [-0.25, -0.2) is 0 Å². The minimum Gasteiger partial charge on any atom is -0.462 e. The summed E-state index contributed by atoms with van der Waals surface area (Å²) in [4.78, 5) is 17.7. The third kappa shape index (κ3) is 6.05. The number of aromatic nitrogens is 1. The quantitative estimate of drug-likeness (QED) is 0.325. The van der Waals surface area contributed by atoms with Crippen LogP contribution in [0.3, 0.4) is 0 Å². The molecule has 3 aromatic rings. The van der Waals surface area contributed by atoms with Gasteiger partial charge in [0.15, 0.2) is 0 Å². The topological polar surface area (TPSA) is 48.4 Å². The molecule has 1 aliphatic carbocycles. The summed E-state index contributed by atoms with van der Waals surface area (Å²) in [5.74, 6) is 0.328. The third-order valence-electron chi connectivity index (χ3n) is 6.19. The molecule has 0 spiro atoms. The van der Waals surface area contributed by atoms with Crippen molar-refractivity contribution in [1.82, 2.24) is 4.98 Å². The molecule has 1 heterocycles. The lowest BCUT2D eigenvalue weighted by Crippen LogP contribution is -2.30. The van der Waals surface area contributed by atoms with Crippen LogP contribution in [0.5, 0.6) is 0 Å². The number of halogens is 1. The van der Waals surface area contributed by atoms with Gasteiger partial charge in [0.05, 0.1) is 16.5 Å². The maximum absolute atomic E-state index is 12.7. The number of rotatable bonds is 6. The number of pyridine rings is 1. The van der Waals surface area contributed by atoms with Crippen LogP contribution in [-0.4, -0.2) is 23.2 Å². The first-order valence-corrected chi connectivity index (χ1v) is 12.8. The number of carbonyl (C=O) groups excluding carboxylic acids is 1. The Morgan fingerprint density at radius 1 is 1.06 bits per heavy atom. The van der Waals surface area contributed by atoms with E-state index in [4.69, 9.17) is 26.1 Å². The van der Waals surface area contributed by atoms with E-state index in [-0.39, 0.29) is 12.6 Å². The largest absolute Gasteiger partial charge is 0.462 e. The van der Waals surface area contributed by atoms with Crippen molar-refractivity contribution < 1.29 is 14.3 Å². The number of esters is 1. The average molecular weight is 494 g/mol. The Kier molecular flexibility index (Phi) is 7.00.